The summed E-state index contributed by atoms with van der Waals surface area (Å²) in [5.41, 5.74) is 4.24. The van der Waals surface area contributed by atoms with E-state index in [4.69, 9.17) is 0 Å². The Morgan fingerprint density at radius 3 is 2.13 bits per heavy atom. The number of aliphatic imine (C=N–C) groups is 1. The summed E-state index contributed by atoms with van der Waals surface area (Å²) in [6, 6.07) is 15.3. The maximum Gasteiger partial charge on any atom is 0.169 e. The SMILES string of the molecule is O=CC1=N/C(=C/c2[nH]c(C=O)c3ccccc23)c2ccccc21. The third-order valence-electron chi connectivity index (χ3n) is 4.01. The number of aromatic nitrogens is 1. The maximum absolute atomic E-state index is 11.2. The number of nitrogens with one attached hydrogen (secondary N) is 1. The molecule has 4 rings (SSSR count). The van der Waals surface area contributed by atoms with Gasteiger partial charge in [-0.1, -0.05) is 48.5 Å². The van der Waals surface area contributed by atoms with E-state index in [1.165, 1.54) is 0 Å². The Hall–Kier alpha value is -3.27. The van der Waals surface area contributed by atoms with Crippen LogP contribution in [0.4, 0.5) is 0 Å². The molecule has 4 heteroatoms. The van der Waals surface area contributed by atoms with Crippen molar-refractivity contribution < 1.29 is 9.59 Å². The number of fused-ring (bicyclic) bond motifs is 2. The quantitative estimate of drug-likeness (QED) is 0.753. The molecule has 0 spiro atoms. The fourth-order valence-corrected chi connectivity index (χ4v) is 2.96. The molecule has 0 unspecified atom stereocenters. The Labute approximate surface area is 132 Å². The zero-order valence-corrected chi connectivity index (χ0v) is 12.1. The standard InChI is InChI=1S/C19H12N2O2/c22-10-18-14-7-3-1-5-12(14)16(20-18)9-17-13-6-2-4-8-15(13)19(11-23)21-17/h1-11,20H/b17-9+. The van der Waals surface area contributed by atoms with E-state index in [1.54, 1.807) is 0 Å². The van der Waals surface area contributed by atoms with Crippen LogP contribution < -0.4 is 0 Å². The zero-order chi connectivity index (χ0) is 15.8. The lowest BCUT2D eigenvalue weighted by Crippen LogP contribution is -1.97. The molecule has 1 aromatic heterocycles. The molecule has 0 saturated heterocycles. The van der Waals surface area contributed by atoms with Crippen molar-refractivity contribution in [3.05, 3.63) is 71.0 Å². The van der Waals surface area contributed by atoms with Crippen molar-refractivity contribution in [3.8, 4) is 0 Å². The molecule has 1 aliphatic heterocycles. The second kappa shape index (κ2) is 5.18. The first-order valence-electron chi connectivity index (χ1n) is 7.23. The van der Waals surface area contributed by atoms with Gasteiger partial charge < -0.3 is 4.98 Å². The summed E-state index contributed by atoms with van der Waals surface area (Å²) in [6.45, 7) is 0. The van der Waals surface area contributed by atoms with E-state index < -0.39 is 0 Å². The molecule has 1 N–H and O–H groups in total. The number of H-pyrrole nitrogens is 1. The summed E-state index contributed by atoms with van der Waals surface area (Å²) in [5.74, 6) is 0. The number of carbonyl (C=O) groups is 2. The highest BCUT2D eigenvalue weighted by Crippen LogP contribution is 2.32. The molecule has 110 valence electrons. The first kappa shape index (κ1) is 13.4. The smallest absolute Gasteiger partial charge is 0.169 e. The van der Waals surface area contributed by atoms with Gasteiger partial charge in [0.2, 0.25) is 0 Å². The average Bonchev–Trinajstić information content (AvgIpc) is 3.14. The summed E-state index contributed by atoms with van der Waals surface area (Å²) in [6.07, 6.45) is 3.46. The minimum atomic E-state index is 0.429. The van der Waals surface area contributed by atoms with Crippen LogP contribution in [-0.2, 0) is 4.79 Å². The number of benzene rings is 2. The van der Waals surface area contributed by atoms with Gasteiger partial charge in [0.25, 0.3) is 0 Å². The molecule has 2 heterocycles. The van der Waals surface area contributed by atoms with Crippen LogP contribution in [0.5, 0.6) is 0 Å². The van der Waals surface area contributed by atoms with Crippen LogP contribution in [0.2, 0.25) is 0 Å². The van der Waals surface area contributed by atoms with Gasteiger partial charge in [0.15, 0.2) is 12.6 Å². The molecule has 4 nitrogen and oxygen atoms in total. The van der Waals surface area contributed by atoms with Gasteiger partial charge in [-0.05, 0) is 6.08 Å². The van der Waals surface area contributed by atoms with E-state index in [0.717, 1.165) is 40.2 Å². The summed E-state index contributed by atoms with van der Waals surface area (Å²) in [5, 5.41) is 1.83. The zero-order valence-electron chi connectivity index (χ0n) is 12.1. The molecule has 0 atom stereocenters. The number of aromatic amines is 1. The molecular weight excluding hydrogens is 288 g/mol. The molecule has 0 radical (unpaired) electrons. The van der Waals surface area contributed by atoms with Gasteiger partial charge in [-0.2, -0.15) is 0 Å². The number of hydrogen-bond acceptors (Lipinski definition) is 3. The normalized spacial score (nSPS) is 14.8. The first-order valence-corrected chi connectivity index (χ1v) is 7.23. The van der Waals surface area contributed by atoms with Crippen LogP contribution in [0.3, 0.4) is 0 Å². The predicted molar refractivity (Wildman–Crippen MR) is 90.6 cm³/mol. The minimum absolute atomic E-state index is 0.429. The van der Waals surface area contributed by atoms with E-state index >= 15 is 0 Å². The molecular formula is C19H12N2O2. The number of carbonyl (C=O) groups excluding carboxylic acids is 2. The van der Waals surface area contributed by atoms with E-state index in [0.29, 0.717) is 17.1 Å². The van der Waals surface area contributed by atoms with Gasteiger partial charge in [-0.25, -0.2) is 4.99 Å². The molecule has 0 saturated carbocycles. The number of aldehydes is 2. The van der Waals surface area contributed by atoms with Gasteiger partial charge in [-0.3, -0.25) is 9.59 Å². The summed E-state index contributed by atoms with van der Waals surface area (Å²) in [7, 11) is 0. The van der Waals surface area contributed by atoms with Crippen LogP contribution in [0.25, 0.3) is 22.5 Å². The highest BCUT2D eigenvalue weighted by Gasteiger charge is 2.19. The average molecular weight is 300 g/mol. The monoisotopic (exact) mass is 300 g/mol. The Morgan fingerprint density at radius 2 is 1.43 bits per heavy atom. The largest absolute Gasteiger partial charge is 0.352 e. The Balaban J connectivity index is 1.94. The van der Waals surface area contributed by atoms with Crippen LogP contribution >= 0.6 is 0 Å². The van der Waals surface area contributed by atoms with Gasteiger partial charge in [0.1, 0.15) is 5.71 Å². The molecule has 3 aromatic rings. The third kappa shape index (κ3) is 2.04. The molecule has 0 fully saturated rings. The lowest BCUT2D eigenvalue weighted by Gasteiger charge is -1.99. The molecule has 1 aliphatic rings. The van der Waals surface area contributed by atoms with Gasteiger partial charge >= 0.3 is 0 Å². The van der Waals surface area contributed by atoms with Crippen molar-refractivity contribution in [2.75, 3.05) is 0 Å². The van der Waals surface area contributed by atoms with Gasteiger partial charge in [0, 0.05) is 27.6 Å². The van der Waals surface area contributed by atoms with Crippen molar-refractivity contribution >= 4 is 40.8 Å². The second-order valence-corrected chi connectivity index (χ2v) is 5.31. The fraction of sp³-hybridized carbons (Fsp3) is 0. The number of rotatable bonds is 3. The lowest BCUT2D eigenvalue weighted by molar-refractivity contribution is -0.102. The van der Waals surface area contributed by atoms with Crippen molar-refractivity contribution in [1.29, 1.82) is 0 Å². The van der Waals surface area contributed by atoms with Gasteiger partial charge in [0.05, 0.1) is 11.4 Å². The fourth-order valence-electron chi connectivity index (χ4n) is 2.96. The van der Waals surface area contributed by atoms with Crippen molar-refractivity contribution in [3.63, 3.8) is 0 Å². The molecule has 23 heavy (non-hydrogen) atoms. The molecule has 0 bridgehead atoms. The topological polar surface area (TPSA) is 62.3 Å². The van der Waals surface area contributed by atoms with Crippen molar-refractivity contribution in [2.24, 2.45) is 4.99 Å². The van der Waals surface area contributed by atoms with Crippen LogP contribution in [0, 0.1) is 0 Å². The van der Waals surface area contributed by atoms with E-state index in [9.17, 15) is 9.59 Å². The van der Waals surface area contributed by atoms with E-state index in [2.05, 4.69) is 9.98 Å². The highest BCUT2D eigenvalue weighted by molar-refractivity contribution is 6.40. The van der Waals surface area contributed by atoms with Crippen molar-refractivity contribution in [1.82, 2.24) is 4.98 Å². The minimum Gasteiger partial charge on any atom is -0.352 e. The predicted octanol–water partition coefficient (Wildman–Crippen LogP) is 3.48. The number of hydrogen-bond donors (Lipinski definition) is 1. The molecule has 0 amide bonds. The Bertz CT molecular complexity index is 1010. The molecule has 0 aliphatic carbocycles. The van der Waals surface area contributed by atoms with Crippen molar-refractivity contribution in [2.45, 2.75) is 0 Å². The van der Waals surface area contributed by atoms with E-state index in [-0.39, 0.29) is 0 Å². The summed E-state index contributed by atoms with van der Waals surface area (Å²) >= 11 is 0. The summed E-state index contributed by atoms with van der Waals surface area (Å²) in [4.78, 5) is 30.0. The second-order valence-electron chi connectivity index (χ2n) is 5.31. The third-order valence-corrected chi connectivity index (χ3v) is 4.01. The Morgan fingerprint density at radius 1 is 0.783 bits per heavy atom. The summed E-state index contributed by atoms with van der Waals surface area (Å²) < 4.78 is 0. The molecule has 2 aromatic carbocycles. The number of nitrogens with zero attached hydrogens (tertiary/aromatic N) is 1. The van der Waals surface area contributed by atoms with Crippen LogP contribution in [0.1, 0.15) is 27.3 Å². The lowest BCUT2D eigenvalue weighted by atomic mass is 10.0. The first-order chi connectivity index (χ1) is 11.3. The van der Waals surface area contributed by atoms with Gasteiger partial charge in [-0.15, -0.1) is 0 Å². The van der Waals surface area contributed by atoms with Crippen LogP contribution in [-0.4, -0.2) is 23.3 Å². The Kier molecular flexibility index (Phi) is 3.01. The highest BCUT2D eigenvalue weighted by atomic mass is 16.1. The van der Waals surface area contributed by atoms with Crippen LogP contribution in [0.15, 0.2) is 53.5 Å². The maximum atomic E-state index is 11.2. The van der Waals surface area contributed by atoms with E-state index in [1.807, 2.05) is 54.6 Å².